The van der Waals surface area contributed by atoms with Crippen LogP contribution in [0.4, 0.5) is 5.00 Å². The van der Waals surface area contributed by atoms with Gasteiger partial charge in [-0.25, -0.2) is 0 Å². The number of thiophene rings is 1. The average molecular weight is 384 g/mol. The average Bonchev–Trinajstić information content (AvgIpc) is 3.38. The fraction of sp³-hybridized carbons (Fsp3) is 0.200. The summed E-state index contributed by atoms with van der Waals surface area (Å²) in [6.07, 6.45) is 2.19. The van der Waals surface area contributed by atoms with E-state index < -0.39 is 0 Å². The smallest absolute Gasteiger partial charge is 0.291 e. The van der Waals surface area contributed by atoms with Gasteiger partial charge in [0, 0.05) is 0 Å². The van der Waals surface area contributed by atoms with Crippen molar-refractivity contribution in [3.63, 3.8) is 0 Å². The van der Waals surface area contributed by atoms with E-state index in [1.165, 1.54) is 17.6 Å². The number of nitrogens with one attached hydrogen (secondary N) is 2. The molecule has 27 heavy (non-hydrogen) atoms. The molecule has 7 heteroatoms. The molecule has 2 heterocycles. The quantitative estimate of drug-likeness (QED) is 0.629. The Balaban J connectivity index is 1.64. The minimum absolute atomic E-state index is 0.105. The van der Waals surface area contributed by atoms with Crippen LogP contribution in [0.25, 0.3) is 0 Å². The van der Waals surface area contributed by atoms with Gasteiger partial charge in [0.25, 0.3) is 11.8 Å². The Hall–Kier alpha value is -3.06. The van der Waals surface area contributed by atoms with E-state index in [0.717, 1.165) is 17.7 Å². The van der Waals surface area contributed by atoms with E-state index in [9.17, 15) is 9.59 Å². The third-order valence-corrected chi connectivity index (χ3v) is 5.04. The SMILES string of the molecule is CCC(NC(=O)c1ccc(NC(=O)c2ccco2)s1)c1ccc(OC)cc1. The molecular formula is C20H20N2O4S. The molecule has 0 spiro atoms. The summed E-state index contributed by atoms with van der Waals surface area (Å²) in [5.74, 6) is 0.467. The summed E-state index contributed by atoms with van der Waals surface area (Å²) in [7, 11) is 1.62. The van der Waals surface area contributed by atoms with Crippen LogP contribution in [0, 0.1) is 0 Å². The van der Waals surface area contributed by atoms with Crippen molar-refractivity contribution in [2.24, 2.45) is 0 Å². The number of furan rings is 1. The van der Waals surface area contributed by atoms with Gasteiger partial charge in [0.15, 0.2) is 5.76 Å². The van der Waals surface area contributed by atoms with Gasteiger partial charge in [-0.1, -0.05) is 19.1 Å². The van der Waals surface area contributed by atoms with E-state index in [4.69, 9.17) is 9.15 Å². The van der Waals surface area contributed by atoms with Gasteiger partial charge < -0.3 is 19.8 Å². The van der Waals surface area contributed by atoms with E-state index in [1.807, 2.05) is 31.2 Å². The summed E-state index contributed by atoms with van der Waals surface area (Å²) in [4.78, 5) is 25.1. The number of carbonyl (C=O) groups excluding carboxylic acids is 2. The number of anilines is 1. The Bertz CT molecular complexity index is 900. The Kier molecular flexibility index (Phi) is 5.93. The molecule has 140 valence electrons. The fourth-order valence-corrected chi connectivity index (χ4v) is 3.40. The third-order valence-electron chi connectivity index (χ3n) is 4.04. The van der Waals surface area contributed by atoms with E-state index in [1.54, 1.807) is 31.4 Å². The Morgan fingerprint density at radius 3 is 2.52 bits per heavy atom. The van der Waals surface area contributed by atoms with Crippen LogP contribution in [-0.4, -0.2) is 18.9 Å². The van der Waals surface area contributed by atoms with Crippen molar-refractivity contribution in [1.29, 1.82) is 0 Å². The second kappa shape index (κ2) is 8.55. The first-order valence-corrected chi connectivity index (χ1v) is 9.32. The molecule has 0 fully saturated rings. The van der Waals surface area contributed by atoms with Gasteiger partial charge in [-0.3, -0.25) is 9.59 Å². The Labute approximate surface area is 161 Å². The number of methoxy groups -OCH3 is 1. The molecule has 0 radical (unpaired) electrons. The molecule has 3 rings (SSSR count). The van der Waals surface area contributed by atoms with Gasteiger partial charge in [-0.2, -0.15) is 0 Å². The minimum Gasteiger partial charge on any atom is -0.497 e. The summed E-state index contributed by atoms with van der Waals surface area (Å²) in [6, 6.07) is 14.1. The van der Waals surface area contributed by atoms with Crippen LogP contribution < -0.4 is 15.4 Å². The van der Waals surface area contributed by atoms with Gasteiger partial charge in [0.1, 0.15) is 5.75 Å². The molecule has 1 atom stereocenters. The molecule has 2 amide bonds. The fourth-order valence-electron chi connectivity index (χ4n) is 2.60. The first-order chi connectivity index (χ1) is 13.1. The zero-order valence-electron chi connectivity index (χ0n) is 15.0. The van der Waals surface area contributed by atoms with Crippen molar-refractivity contribution in [3.05, 3.63) is 71.0 Å². The highest BCUT2D eigenvalue weighted by Gasteiger charge is 2.17. The zero-order chi connectivity index (χ0) is 19.2. The third kappa shape index (κ3) is 4.57. The number of ether oxygens (including phenoxy) is 1. The highest BCUT2D eigenvalue weighted by atomic mass is 32.1. The molecule has 6 nitrogen and oxygen atoms in total. The molecule has 0 aliphatic carbocycles. The van der Waals surface area contributed by atoms with Crippen LogP contribution in [-0.2, 0) is 0 Å². The highest BCUT2D eigenvalue weighted by Crippen LogP contribution is 2.25. The van der Waals surface area contributed by atoms with Crippen LogP contribution in [0.2, 0.25) is 0 Å². The number of carbonyl (C=O) groups is 2. The van der Waals surface area contributed by atoms with E-state index in [-0.39, 0.29) is 23.6 Å². The lowest BCUT2D eigenvalue weighted by Crippen LogP contribution is -2.27. The molecule has 1 aromatic carbocycles. The Morgan fingerprint density at radius 1 is 1.11 bits per heavy atom. The van der Waals surface area contributed by atoms with Crippen LogP contribution >= 0.6 is 11.3 Å². The number of hydrogen-bond acceptors (Lipinski definition) is 5. The van der Waals surface area contributed by atoms with Crippen molar-refractivity contribution in [1.82, 2.24) is 5.32 Å². The zero-order valence-corrected chi connectivity index (χ0v) is 15.8. The maximum Gasteiger partial charge on any atom is 0.291 e. The summed E-state index contributed by atoms with van der Waals surface area (Å²) in [6.45, 7) is 2.01. The van der Waals surface area contributed by atoms with E-state index in [0.29, 0.717) is 9.88 Å². The second-order valence-electron chi connectivity index (χ2n) is 5.80. The maximum absolute atomic E-state index is 12.6. The van der Waals surface area contributed by atoms with Crippen molar-refractivity contribution in [2.75, 3.05) is 12.4 Å². The second-order valence-corrected chi connectivity index (χ2v) is 6.89. The first kappa shape index (κ1) is 18.7. The monoisotopic (exact) mass is 384 g/mol. The highest BCUT2D eigenvalue weighted by molar-refractivity contribution is 7.18. The predicted octanol–water partition coefficient (Wildman–Crippen LogP) is 4.48. The molecule has 0 saturated heterocycles. The number of rotatable bonds is 7. The summed E-state index contributed by atoms with van der Waals surface area (Å²) in [5, 5.41) is 6.34. The number of benzene rings is 1. The lowest BCUT2D eigenvalue weighted by molar-refractivity contribution is 0.0938. The molecule has 3 aromatic rings. The molecule has 0 aliphatic rings. The van der Waals surface area contributed by atoms with Crippen molar-refractivity contribution < 1.29 is 18.7 Å². The van der Waals surface area contributed by atoms with E-state index in [2.05, 4.69) is 10.6 Å². The first-order valence-electron chi connectivity index (χ1n) is 8.50. The molecule has 1 unspecified atom stereocenters. The largest absolute Gasteiger partial charge is 0.497 e. The van der Waals surface area contributed by atoms with Gasteiger partial charge in [0.2, 0.25) is 0 Å². The predicted molar refractivity (Wildman–Crippen MR) is 104 cm³/mol. The molecule has 0 bridgehead atoms. The van der Waals surface area contributed by atoms with Crippen LogP contribution in [0.5, 0.6) is 5.75 Å². The molecule has 2 N–H and O–H groups in total. The molecule has 0 aliphatic heterocycles. The van der Waals surface area contributed by atoms with Gasteiger partial charge in [0.05, 0.1) is 29.3 Å². The van der Waals surface area contributed by atoms with Crippen molar-refractivity contribution in [2.45, 2.75) is 19.4 Å². The Morgan fingerprint density at radius 2 is 1.89 bits per heavy atom. The molecular weight excluding hydrogens is 364 g/mol. The maximum atomic E-state index is 12.6. The van der Waals surface area contributed by atoms with Crippen LogP contribution in [0.15, 0.2) is 59.2 Å². The minimum atomic E-state index is -0.349. The van der Waals surface area contributed by atoms with Gasteiger partial charge in [-0.15, -0.1) is 11.3 Å². The lowest BCUT2D eigenvalue weighted by Gasteiger charge is -2.17. The topological polar surface area (TPSA) is 80.6 Å². The van der Waals surface area contributed by atoms with E-state index >= 15 is 0 Å². The molecule has 2 aromatic heterocycles. The normalized spacial score (nSPS) is 11.6. The van der Waals surface area contributed by atoms with Gasteiger partial charge in [-0.05, 0) is 48.4 Å². The van der Waals surface area contributed by atoms with Crippen LogP contribution in [0.3, 0.4) is 0 Å². The number of amides is 2. The van der Waals surface area contributed by atoms with Crippen molar-refractivity contribution in [3.8, 4) is 5.75 Å². The van der Waals surface area contributed by atoms with Gasteiger partial charge >= 0.3 is 0 Å². The van der Waals surface area contributed by atoms with Crippen LogP contribution in [0.1, 0.15) is 45.2 Å². The standard InChI is InChI=1S/C20H20N2O4S/c1-3-15(13-6-8-14(25-2)9-7-13)21-20(24)17-10-11-18(27-17)22-19(23)16-5-4-12-26-16/h4-12,15H,3H2,1-2H3,(H,21,24)(H,22,23). The van der Waals surface area contributed by atoms with Crippen molar-refractivity contribution >= 4 is 28.2 Å². The summed E-state index contributed by atoms with van der Waals surface area (Å²) < 4.78 is 10.2. The number of hydrogen-bond donors (Lipinski definition) is 2. The summed E-state index contributed by atoms with van der Waals surface area (Å²) in [5.41, 5.74) is 1.01. The lowest BCUT2D eigenvalue weighted by atomic mass is 10.0. The molecule has 0 saturated carbocycles. The summed E-state index contributed by atoms with van der Waals surface area (Å²) >= 11 is 1.21.